The first-order chi connectivity index (χ1) is 10.8. The second kappa shape index (κ2) is 6.14. The Morgan fingerprint density at radius 2 is 2.09 bits per heavy atom. The van der Waals surface area contributed by atoms with Crippen LogP contribution in [0.15, 0.2) is 30.6 Å². The fourth-order valence-electron chi connectivity index (χ4n) is 2.10. The van der Waals surface area contributed by atoms with Gasteiger partial charge < -0.3 is 14.5 Å². The van der Waals surface area contributed by atoms with E-state index in [-0.39, 0.29) is 6.61 Å². The zero-order chi connectivity index (χ0) is 15.4. The number of terminal acetylenes is 1. The number of aromatic amines is 1. The Balaban J connectivity index is 2.05. The molecule has 3 rings (SSSR count). The SMILES string of the molecule is C#CCOc1cc(OCC)ccc1-c1nc2cnncc2[nH]1. The summed E-state index contributed by atoms with van der Waals surface area (Å²) in [5, 5.41) is 7.65. The molecular weight excluding hydrogens is 280 g/mol. The van der Waals surface area contributed by atoms with Gasteiger partial charge in [-0.1, -0.05) is 5.92 Å². The molecule has 6 nitrogen and oxygen atoms in total. The first-order valence-electron chi connectivity index (χ1n) is 6.81. The van der Waals surface area contributed by atoms with E-state index in [4.69, 9.17) is 15.9 Å². The maximum absolute atomic E-state index is 5.62. The van der Waals surface area contributed by atoms with Gasteiger partial charge >= 0.3 is 0 Å². The molecule has 0 aliphatic heterocycles. The van der Waals surface area contributed by atoms with Gasteiger partial charge in [0.25, 0.3) is 0 Å². The van der Waals surface area contributed by atoms with Gasteiger partial charge in [0, 0.05) is 6.07 Å². The van der Waals surface area contributed by atoms with Crippen LogP contribution >= 0.6 is 0 Å². The largest absolute Gasteiger partial charge is 0.494 e. The molecule has 110 valence electrons. The van der Waals surface area contributed by atoms with Gasteiger partial charge in [-0.25, -0.2) is 4.98 Å². The standard InChI is InChI=1S/C16H14N4O2/c1-3-7-22-15-8-11(21-4-2)5-6-12(15)16-19-13-9-17-18-10-14(13)20-16/h1,5-6,8-10H,4,7H2,2H3,(H,19,20). The lowest BCUT2D eigenvalue weighted by Crippen LogP contribution is -1.98. The molecule has 22 heavy (non-hydrogen) atoms. The van der Waals surface area contributed by atoms with Crippen molar-refractivity contribution < 1.29 is 9.47 Å². The van der Waals surface area contributed by atoms with Crippen LogP contribution in [0, 0.1) is 12.3 Å². The number of hydrogen-bond donors (Lipinski definition) is 1. The van der Waals surface area contributed by atoms with Crippen LogP contribution in [-0.2, 0) is 0 Å². The number of rotatable bonds is 5. The normalized spacial score (nSPS) is 10.4. The predicted molar refractivity (Wildman–Crippen MR) is 82.6 cm³/mol. The molecule has 0 spiro atoms. The van der Waals surface area contributed by atoms with Gasteiger partial charge in [0.2, 0.25) is 0 Å². The van der Waals surface area contributed by atoms with Gasteiger partial charge in [-0.3, -0.25) is 0 Å². The predicted octanol–water partition coefficient (Wildman–Crippen LogP) is 2.43. The van der Waals surface area contributed by atoms with Crippen molar-refractivity contribution in [3.05, 3.63) is 30.6 Å². The number of benzene rings is 1. The Kier molecular flexibility index (Phi) is 3.88. The molecule has 0 unspecified atom stereocenters. The number of H-pyrrole nitrogens is 1. The van der Waals surface area contributed by atoms with E-state index in [1.54, 1.807) is 18.5 Å². The maximum atomic E-state index is 5.62. The van der Waals surface area contributed by atoms with Crippen molar-refractivity contribution >= 4 is 11.0 Å². The minimum atomic E-state index is 0.173. The molecule has 0 aliphatic rings. The van der Waals surface area contributed by atoms with E-state index in [2.05, 4.69) is 26.1 Å². The van der Waals surface area contributed by atoms with E-state index in [0.29, 0.717) is 18.2 Å². The number of fused-ring (bicyclic) bond motifs is 1. The molecule has 1 N–H and O–H groups in total. The van der Waals surface area contributed by atoms with Crippen molar-refractivity contribution in [3.63, 3.8) is 0 Å². The van der Waals surface area contributed by atoms with Crippen LogP contribution in [-0.4, -0.2) is 33.4 Å². The Morgan fingerprint density at radius 3 is 2.86 bits per heavy atom. The van der Waals surface area contributed by atoms with Gasteiger partial charge in [-0.15, -0.1) is 6.42 Å². The first-order valence-corrected chi connectivity index (χ1v) is 6.81. The van der Waals surface area contributed by atoms with Crippen molar-refractivity contribution in [3.8, 4) is 35.2 Å². The second-order valence-corrected chi connectivity index (χ2v) is 4.46. The minimum Gasteiger partial charge on any atom is -0.494 e. The van der Waals surface area contributed by atoms with Crippen LogP contribution in [0.3, 0.4) is 0 Å². The molecule has 0 atom stereocenters. The zero-order valence-corrected chi connectivity index (χ0v) is 12.0. The third kappa shape index (κ3) is 2.69. The van der Waals surface area contributed by atoms with E-state index < -0.39 is 0 Å². The third-order valence-corrected chi connectivity index (χ3v) is 3.03. The fourth-order valence-corrected chi connectivity index (χ4v) is 2.10. The summed E-state index contributed by atoms with van der Waals surface area (Å²) in [6.45, 7) is 2.68. The topological polar surface area (TPSA) is 72.9 Å². The van der Waals surface area contributed by atoms with Crippen molar-refractivity contribution in [2.75, 3.05) is 13.2 Å². The van der Waals surface area contributed by atoms with Gasteiger partial charge in [-0.2, -0.15) is 10.2 Å². The summed E-state index contributed by atoms with van der Waals surface area (Å²) in [6.07, 6.45) is 8.51. The monoisotopic (exact) mass is 294 g/mol. The van der Waals surface area contributed by atoms with Gasteiger partial charge in [0.15, 0.2) is 0 Å². The molecule has 0 radical (unpaired) electrons. The first kappa shape index (κ1) is 13.9. The maximum Gasteiger partial charge on any atom is 0.148 e. The van der Waals surface area contributed by atoms with Crippen LogP contribution < -0.4 is 9.47 Å². The zero-order valence-electron chi connectivity index (χ0n) is 12.0. The highest BCUT2D eigenvalue weighted by Crippen LogP contribution is 2.32. The summed E-state index contributed by atoms with van der Waals surface area (Å²) in [7, 11) is 0. The van der Waals surface area contributed by atoms with E-state index >= 15 is 0 Å². The highest BCUT2D eigenvalue weighted by atomic mass is 16.5. The van der Waals surface area contributed by atoms with Crippen molar-refractivity contribution in [1.29, 1.82) is 0 Å². The van der Waals surface area contributed by atoms with E-state index in [0.717, 1.165) is 22.3 Å². The number of imidazole rings is 1. The van der Waals surface area contributed by atoms with Crippen LogP contribution in [0.5, 0.6) is 11.5 Å². The molecular formula is C16H14N4O2. The summed E-state index contributed by atoms with van der Waals surface area (Å²) in [4.78, 5) is 7.69. The molecule has 0 fully saturated rings. The van der Waals surface area contributed by atoms with Gasteiger partial charge in [0.1, 0.15) is 29.4 Å². The summed E-state index contributed by atoms with van der Waals surface area (Å²) in [5.41, 5.74) is 2.35. The van der Waals surface area contributed by atoms with Crippen LogP contribution in [0.1, 0.15) is 6.92 Å². The molecule has 3 aromatic rings. The van der Waals surface area contributed by atoms with E-state index in [1.807, 2.05) is 19.1 Å². The number of ether oxygens (including phenoxy) is 2. The Morgan fingerprint density at radius 1 is 1.23 bits per heavy atom. The molecule has 2 aromatic heterocycles. The summed E-state index contributed by atoms with van der Waals surface area (Å²) in [5.74, 6) is 4.46. The third-order valence-electron chi connectivity index (χ3n) is 3.03. The second-order valence-electron chi connectivity index (χ2n) is 4.46. The van der Waals surface area contributed by atoms with Crippen molar-refractivity contribution in [1.82, 2.24) is 20.2 Å². The van der Waals surface area contributed by atoms with Gasteiger partial charge in [0.05, 0.1) is 30.1 Å². The highest BCUT2D eigenvalue weighted by Gasteiger charge is 2.12. The minimum absolute atomic E-state index is 0.173. The van der Waals surface area contributed by atoms with Crippen LogP contribution in [0.25, 0.3) is 22.4 Å². The average molecular weight is 294 g/mol. The quantitative estimate of drug-likeness (QED) is 0.732. The Bertz CT molecular complexity index is 803. The highest BCUT2D eigenvalue weighted by molar-refractivity contribution is 5.79. The molecule has 6 heteroatoms. The number of nitrogens with zero attached hydrogens (tertiary/aromatic N) is 3. The average Bonchev–Trinajstić information content (AvgIpc) is 2.97. The smallest absolute Gasteiger partial charge is 0.148 e. The van der Waals surface area contributed by atoms with Crippen LogP contribution in [0.4, 0.5) is 0 Å². The number of nitrogens with one attached hydrogen (secondary N) is 1. The summed E-state index contributed by atoms with van der Waals surface area (Å²) < 4.78 is 11.1. The molecule has 0 amide bonds. The molecule has 0 bridgehead atoms. The van der Waals surface area contributed by atoms with Crippen LogP contribution in [0.2, 0.25) is 0 Å². The lowest BCUT2D eigenvalue weighted by molar-refractivity contribution is 0.332. The molecule has 0 saturated carbocycles. The summed E-state index contributed by atoms with van der Waals surface area (Å²) >= 11 is 0. The number of hydrogen-bond acceptors (Lipinski definition) is 5. The lowest BCUT2D eigenvalue weighted by atomic mass is 10.2. The molecule has 1 aromatic carbocycles. The Hall–Kier alpha value is -3.07. The Labute approximate surface area is 127 Å². The van der Waals surface area contributed by atoms with E-state index in [1.165, 1.54) is 0 Å². The van der Waals surface area contributed by atoms with Crippen molar-refractivity contribution in [2.45, 2.75) is 6.92 Å². The number of aromatic nitrogens is 4. The molecule has 0 saturated heterocycles. The fraction of sp³-hybridized carbons (Fsp3) is 0.188. The van der Waals surface area contributed by atoms with E-state index in [9.17, 15) is 0 Å². The van der Waals surface area contributed by atoms with Gasteiger partial charge in [-0.05, 0) is 19.1 Å². The van der Waals surface area contributed by atoms with Crippen molar-refractivity contribution in [2.24, 2.45) is 0 Å². The molecule has 2 heterocycles. The summed E-state index contributed by atoms with van der Waals surface area (Å²) in [6, 6.07) is 5.56. The lowest BCUT2D eigenvalue weighted by Gasteiger charge is -2.10. The molecule has 0 aliphatic carbocycles.